The number of hydrogen-bond donors (Lipinski definition) is 2. The highest BCUT2D eigenvalue weighted by Crippen LogP contribution is 2.30. The van der Waals surface area contributed by atoms with E-state index in [-0.39, 0.29) is 23.9 Å². The van der Waals surface area contributed by atoms with Crippen LogP contribution in [-0.2, 0) is 11.3 Å². The summed E-state index contributed by atoms with van der Waals surface area (Å²) < 4.78 is 5.48. The van der Waals surface area contributed by atoms with Crippen LogP contribution in [0.4, 0.5) is 11.7 Å². The van der Waals surface area contributed by atoms with E-state index in [1.54, 1.807) is 6.92 Å². The average molecular weight is 428 g/mol. The maximum absolute atomic E-state index is 12.7. The van der Waals surface area contributed by atoms with Gasteiger partial charge in [0.05, 0.1) is 0 Å². The molecule has 1 aliphatic carbocycles. The molecule has 0 bridgehead atoms. The summed E-state index contributed by atoms with van der Waals surface area (Å²) in [4.78, 5) is 17.2. The van der Waals surface area contributed by atoms with E-state index < -0.39 is 6.10 Å². The van der Waals surface area contributed by atoms with E-state index in [4.69, 9.17) is 4.42 Å². The van der Waals surface area contributed by atoms with E-state index >= 15 is 0 Å². The molecular formula is C23H33N5O3. The number of hydrogen-bond acceptors (Lipinski definition) is 7. The maximum atomic E-state index is 12.7. The van der Waals surface area contributed by atoms with Crippen molar-refractivity contribution in [2.45, 2.75) is 65.6 Å². The Morgan fingerprint density at radius 1 is 1.29 bits per heavy atom. The number of aliphatic hydroxyl groups excluding tert-OH is 1. The lowest BCUT2D eigenvalue weighted by atomic mass is 9.84. The van der Waals surface area contributed by atoms with Gasteiger partial charge in [-0.15, -0.1) is 5.10 Å². The molecule has 168 valence electrons. The van der Waals surface area contributed by atoms with E-state index in [1.165, 1.54) is 12.0 Å². The van der Waals surface area contributed by atoms with Crippen LogP contribution in [0.2, 0.25) is 0 Å². The summed E-state index contributed by atoms with van der Waals surface area (Å²) >= 11 is 0. The molecule has 1 aliphatic heterocycles. The quantitative estimate of drug-likeness (QED) is 0.730. The summed E-state index contributed by atoms with van der Waals surface area (Å²) in [5, 5.41) is 20.6. The molecule has 0 spiro atoms. The van der Waals surface area contributed by atoms with Crippen LogP contribution in [0.3, 0.4) is 0 Å². The minimum atomic E-state index is -0.797. The van der Waals surface area contributed by atoms with Gasteiger partial charge in [-0.2, -0.15) is 0 Å². The molecule has 1 aromatic carbocycles. The van der Waals surface area contributed by atoms with Gasteiger partial charge in [-0.3, -0.25) is 9.69 Å². The Kier molecular flexibility index (Phi) is 6.29. The van der Waals surface area contributed by atoms with Crippen LogP contribution in [0.25, 0.3) is 0 Å². The first-order valence-electron chi connectivity index (χ1n) is 11.2. The van der Waals surface area contributed by atoms with Gasteiger partial charge in [0, 0.05) is 43.8 Å². The first kappa shape index (κ1) is 21.8. The summed E-state index contributed by atoms with van der Waals surface area (Å²) in [7, 11) is 0. The molecule has 2 fully saturated rings. The smallest absolute Gasteiger partial charge is 0.320 e. The van der Waals surface area contributed by atoms with Crippen LogP contribution >= 0.6 is 0 Å². The molecule has 8 heteroatoms. The van der Waals surface area contributed by atoms with Crippen LogP contribution in [0, 0.1) is 19.8 Å². The number of carbonyl (C=O) groups excluding carboxylic acids is 1. The van der Waals surface area contributed by atoms with Crippen LogP contribution in [0.5, 0.6) is 0 Å². The van der Waals surface area contributed by atoms with E-state index in [2.05, 4.69) is 58.2 Å². The Bertz CT molecular complexity index is 937. The number of nitrogens with zero attached hydrogens (tertiary/aromatic N) is 4. The van der Waals surface area contributed by atoms with Crippen molar-refractivity contribution < 1.29 is 14.3 Å². The lowest BCUT2D eigenvalue weighted by Crippen LogP contribution is -2.55. The fraction of sp³-hybridized carbons (Fsp3) is 0.609. The van der Waals surface area contributed by atoms with Gasteiger partial charge in [0.15, 0.2) is 0 Å². The second kappa shape index (κ2) is 8.96. The minimum Gasteiger partial charge on any atom is -0.405 e. The van der Waals surface area contributed by atoms with Crippen molar-refractivity contribution in [1.29, 1.82) is 0 Å². The SMILES string of the molecule is Cc1cc(CN2CCN(C(=O)C3CCC3)[C@@H](C)C2)c(C)c(Nc2nnc([C@@H](C)O)o2)c1. The van der Waals surface area contributed by atoms with E-state index in [0.717, 1.165) is 55.8 Å². The monoisotopic (exact) mass is 427 g/mol. The summed E-state index contributed by atoms with van der Waals surface area (Å²) in [6.07, 6.45) is 2.51. The van der Waals surface area contributed by atoms with Crippen LogP contribution in [0.1, 0.15) is 61.8 Å². The fourth-order valence-corrected chi connectivity index (χ4v) is 4.43. The summed E-state index contributed by atoms with van der Waals surface area (Å²) in [5.41, 5.74) is 4.43. The molecule has 2 atom stereocenters. The zero-order chi connectivity index (χ0) is 22.1. The lowest BCUT2D eigenvalue weighted by molar-refractivity contribution is -0.142. The summed E-state index contributed by atoms with van der Waals surface area (Å²) in [6.45, 7) is 11.3. The molecule has 31 heavy (non-hydrogen) atoms. The van der Waals surface area contributed by atoms with Crippen molar-refractivity contribution >= 4 is 17.6 Å². The Hall–Kier alpha value is -2.45. The first-order valence-corrected chi connectivity index (χ1v) is 11.2. The standard InChI is InChI=1S/C23H33N5O3/c1-14-10-19(16(3)20(11-14)24-23-26-25-21(31-23)17(4)29)13-27-8-9-28(15(2)12-27)22(30)18-6-5-7-18/h10-11,15,17-18,29H,5-9,12-13H2,1-4H3,(H,24,26)/t15-,17+/m0/s1. The molecule has 1 aromatic heterocycles. The number of nitrogens with one attached hydrogen (secondary N) is 1. The zero-order valence-electron chi connectivity index (χ0n) is 18.9. The Balaban J connectivity index is 1.43. The first-order chi connectivity index (χ1) is 14.8. The number of aryl methyl sites for hydroxylation is 1. The molecule has 2 aliphatic rings. The van der Waals surface area contributed by atoms with E-state index in [9.17, 15) is 9.90 Å². The number of anilines is 2. The van der Waals surface area contributed by atoms with Crippen molar-refractivity contribution in [3.63, 3.8) is 0 Å². The highest BCUT2D eigenvalue weighted by molar-refractivity contribution is 5.80. The third kappa shape index (κ3) is 4.75. The topological polar surface area (TPSA) is 94.7 Å². The van der Waals surface area contributed by atoms with Gasteiger partial charge in [0.2, 0.25) is 11.8 Å². The van der Waals surface area contributed by atoms with Crippen molar-refractivity contribution in [2.24, 2.45) is 5.92 Å². The Labute approximate surface area is 183 Å². The number of benzene rings is 1. The molecular weight excluding hydrogens is 394 g/mol. The Morgan fingerprint density at radius 2 is 2.06 bits per heavy atom. The molecule has 4 rings (SSSR count). The van der Waals surface area contributed by atoms with E-state index in [1.807, 2.05) is 0 Å². The van der Waals surface area contributed by atoms with Crippen LogP contribution < -0.4 is 5.32 Å². The maximum Gasteiger partial charge on any atom is 0.320 e. The number of amides is 1. The molecule has 2 aromatic rings. The average Bonchev–Trinajstić information content (AvgIpc) is 3.13. The van der Waals surface area contributed by atoms with Crippen LogP contribution in [0.15, 0.2) is 16.5 Å². The predicted octanol–water partition coefficient (Wildman–Crippen LogP) is 3.32. The molecule has 2 N–H and O–H groups in total. The van der Waals surface area contributed by atoms with Gasteiger partial charge in [0.1, 0.15) is 6.10 Å². The summed E-state index contributed by atoms with van der Waals surface area (Å²) in [5.74, 6) is 0.810. The molecule has 1 saturated heterocycles. The van der Waals surface area contributed by atoms with Gasteiger partial charge >= 0.3 is 6.01 Å². The molecule has 2 heterocycles. The highest BCUT2D eigenvalue weighted by atomic mass is 16.4. The van der Waals surface area contributed by atoms with Crippen molar-refractivity contribution in [3.05, 3.63) is 34.7 Å². The van der Waals surface area contributed by atoms with Crippen molar-refractivity contribution in [2.75, 3.05) is 25.0 Å². The van der Waals surface area contributed by atoms with Crippen molar-refractivity contribution in [3.8, 4) is 0 Å². The molecule has 1 saturated carbocycles. The number of rotatable bonds is 6. The molecule has 8 nitrogen and oxygen atoms in total. The number of aliphatic hydroxyl groups is 1. The molecule has 0 radical (unpaired) electrons. The zero-order valence-corrected chi connectivity index (χ0v) is 18.9. The van der Waals surface area contributed by atoms with Crippen LogP contribution in [-0.4, -0.2) is 56.7 Å². The third-order valence-corrected chi connectivity index (χ3v) is 6.54. The fourth-order valence-electron chi connectivity index (χ4n) is 4.43. The van der Waals surface area contributed by atoms with Gasteiger partial charge < -0.3 is 19.7 Å². The lowest BCUT2D eigenvalue weighted by Gasteiger charge is -2.42. The van der Waals surface area contributed by atoms with E-state index in [0.29, 0.717) is 5.91 Å². The van der Waals surface area contributed by atoms with Crippen molar-refractivity contribution in [1.82, 2.24) is 20.0 Å². The molecule has 0 unspecified atom stereocenters. The number of carbonyl (C=O) groups is 1. The van der Waals surface area contributed by atoms with Gasteiger partial charge in [-0.25, -0.2) is 0 Å². The van der Waals surface area contributed by atoms with Gasteiger partial charge in [-0.1, -0.05) is 17.6 Å². The Morgan fingerprint density at radius 3 is 2.68 bits per heavy atom. The second-order valence-electron chi connectivity index (χ2n) is 9.09. The van der Waals surface area contributed by atoms with Gasteiger partial charge in [-0.05, 0) is 63.3 Å². The third-order valence-electron chi connectivity index (χ3n) is 6.54. The number of aromatic nitrogens is 2. The van der Waals surface area contributed by atoms with Gasteiger partial charge in [0.25, 0.3) is 0 Å². The highest BCUT2D eigenvalue weighted by Gasteiger charge is 2.34. The molecule has 1 amide bonds. The second-order valence-corrected chi connectivity index (χ2v) is 9.09. The normalized spacial score (nSPS) is 21.1. The largest absolute Gasteiger partial charge is 0.405 e. The summed E-state index contributed by atoms with van der Waals surface area (Å²) in [6, 6.07) is 4.78. The predicted molar refractivity (Wildman–Crippen MR) is 118 cm³/mol. The minimum absolute atomic E-state index is 0.191. The number of piperazine rings is 1.